The van der Waals surface area contributed by atoms with Crippen LogP contribution in [0.2, 0.25) is 0 Å². The molecular formula is C23H24F3N3O4. The second-order valence-electron chi connectivity index (χ2n) is 7.49. The second kappa shape index (κ2) is 11.3. The Labute approximate surface area is 188 Å². The molecule has 2 N–H and O–H groups in total. The van der Waals surface area contributed by atoms with E-state index in [0.29, 0.717) is 19.4 Å². The molecule has 0 aromatic heterocycles. The van der Waals surface area contributed by atoms with Crippen LogP contribution in [0.15, 0.2) is 48.5 Å². The van der Waals surface area contributed by atoms with Gasteiger partial charge in [-0.25, -0.2) is 4.39 Å². The molecule has 1 saturated heterocycles. The van der Waals surface area contributed by atoms with Crippen molar-refractivity contribution in [3.8, 4) is 5.75 Å². The highest BCUT2D eigenvalue weighted by molar-refractivity contribution is 5.97. The molecule has 3 amide bonds. The maximum atomic E-state index is 13.6. The normalized spacial score (nSPS) is 15.8. The predicted octanol–water partition coefficient (Wildman–Crippen LogP) is 2.83. The zero-order valence-electron chi connectivity index (χ0n) is 17.7. The number of carbonyl (C=O) groups is 3. The molecule has 0 spiro atoms. The minimum absolute atomic E-state index is 0.00900. The molecule has 1 aliphatic heterocycles. The van der Waals surface area contributed by atoms with Gasteiger partial charge in [0.1, 0.15) is 11.6 Å². The maximum Gasteiger partial charge on any atom is 0.387 e. The Bertz CT molecular complexity index is 1000. The van der Waals surface area contributed by atoms with Crippen molar-refractivity contribution >= 4 is 17.7 Å². The number of halogens is 3. The van der Waals surface area contributed by atoms with Crippen molar-refractivity contribution < 1.29 is 32.3 Å². The Balaban J connectivity index is 1.50. The summed E-state index contributed by atoms with van der Waals surface area (Å²) in [5, 5.41) is 5.24. The number of piperidine rings is 1. The first kappa shape index (κ1) is 24.1. The number of para-hydroxylation sites is 1. The summed E-state index contributed by atoms with van der Waals surface area (Å²) in [6.45, 7) is -2.29. The fourth-order valence-electron chi connectivity index (χ4n) is 3.63. The number of benzene rings is 2. The molecule has 3 rings (SSSR count). The molecule has 0 bridgehead atoms. The first-order valence-electron chi connectivity index (χ1n) is 10.5. The van der Waals surface area contributed by atoms with Gasteiger partial charge in [-0.15, -0.1) is 0 Å². The monoisotopic (exact) mass is 463 g/mol. The molecule has 1 unspecified atom stereocenters. The molecule has 1 fully saturated rings. The van der Waals surface area contributed by atoms with E-state index in [9.17, 15) is 27.6 Å². The van der Waals surface area contributed by atoms with Gasteiger partial charge < -0.3 is 20.3 Å². The van der Waals surface area contributed by atoms with E-state index < -0.39 is 30.2 Å². The smallest absolute Gasteiger partial charge is 0.387 e. The Morgan fingerprint density at radius 2 is 1.67 bits per heavy atom. The van der Waals surface area contributed by atoms with Crippen molar-refractivity contribution in [1.82, 2.24) is 15.5 Å². The van der Waals surface area contributed by atoms with Gasteiger partial charge in [-0.05, 0) is 37.1 Å². The molecule has 0 radical (unpaired) electrons. The number of carbonyl (C=O) groups excluding carboxylic acids is 3. The SMILES string of the molecule is O=C(NCCNC(=O)C1CCCN(C(=O)c2ccccc2OC(F)F)C1)c1ccccc1F. The largest absolute Gasteiger partial charge is 0.434 e. The summed E-state index contributed by atoms with van der Waals surface area (Å²) in [6, 6.07) is 11.3. The zero-order chi connectivity index (χ0) is 23.8. The summed E-state index contributed by atoms with van der Waals surface area (Å²) >= 11 is 0. The number of likely N-dealkylation sites (tertiary alicyclic amines) is 1. The van der Waals surface area contributed by atoms with E-state index in [2.05, 4.69) is 15.4 Å². The third-order valence-corrected chi connectivity index (χ3v) is 5.24. The van der Waals surface area contributed by atoms with E-state index in [1.807, 2.05) is 0 Å². The van der Waals surface area contributed by atoms with E-state index >= 15 is 0 Å². The van der Waals surface area contributed by atoms with Crippen LogP contribution in [0.3, 0.4) is 0 Å². The van der Waals surface area contributed by atoms with Gasteiger partial charge in [0.05, 0.1) is 17.0 Å². The molecule has 33 heavy (non-hydrogen) atoms. The third-order valence-electron chi connectivity index (χ3n) is 5.24. The zero-order valence-corrected chi connectivity index (χ0v) is 17.7. The molecule has 7 nitrogen and oxygen atoms in total. The molecule has 0 aliphatic carbocycles. The van der Waals surface area contributed by atoms with Crippen molar-refractivity contribution in [3.63, 3.8) is 0 Å². The van der Waals surface area contributed by atoms with Crippen LogP contribution in [0.25, 0.3) is 0 Å². The van der Waals surface area contributed by atoms with E-state index in [4.69, 9.17) is 0 Å². The Hall–Kier alpha value is -3.56. The fourth-order valence-corrected chi connectivity index (χ4v) is 3.63. The highest BCUT2D eigenvalue weighted by atomic mass is 19.3. The van der Waals surface area contributed by atoms with Crippen LogP contribution < -0.4 is 15.4 Å². The molecule has 1 aliphatic rings. The Morgan fingerprint density at radius 3 is 2.39 bits per heavy atom. The molecule has 2 aromatic carbocycles. The Kier molecular flexibility index (Phi) is 8.28. The fraction of sp³-hybridized carbons (Fsp3) is 0.348. The standard InChI is InChI=1S/C23H24F3N3O4/c24-18-9-3-1-7-16(18)21(31)28-12-11-27-20(30)15-6-5-13-29(14-15)22(32)17-8-2-4-10-19(17)33-23(25)26/h1-4,7-10,15,23H,5-6,11-14H2,(H,27,30)(H,28,31). The van der Waals surface area contributed by atoms with Crippen LogP contribution in [0.1, 0.15) is 33.6 Å². The number of hydrogen-bond donors (Lipinski definition) is 2. The number of nitrogens with one attached hydrogen (secondary N) is 2. The van der Waals surface area contributed by atoms with Crippen molar-refractivity contribution in [2.45, 2.75) is 19.5 Å². The van der Waals surface area contributed by atoms with Crippen LogP contribution >= 0.6 is 0 Å². The van der Waals surface area contributed by atoms with Gasteiger partial charge in [0.2, 0.25) is 5.91 Å². The molecule has 1 atom stereocenters. The topological polar surface area (TPSA) is 87.7 Å². The van der Waals surface area contributed by atoms with Crippen LogP contribution in [0.4, 0.5) is 13.2 Å². The van der Waals surface area contributed by atoms with Crippen molar-refractivity contribution in [1.29, 1.82) is 0 Å². The quantitative estimate of drug-likeness (QED) is 0.590. The van der Waals surface area contributed by atoms with Crippen LogP contribution in [-0.4, -0.2) is 55.4 Å². The van der Waals surface area contributed by atoms with Crippen LogP contribution in [-0.2, 0) is 4.79 Å². The lowest BCUT2D eigenvalue weighted by Gasteiger charge is -2.32. The number of ether oxygens (including phenoxy) is 1. The average molecular weight is 463 g/mol. The summed E-state index contributed by atoms with van der Waals surface area (Å²) in [5.74, 6) is -2.68. The lowest BCUT2D eigenvalue weighted by Crippen LogP contribution is -2.46. The minimum Gasteiger partial charge on any atom is -0.434 e. The summed E-state index contributed by atoms with van der Waals surface area (Å²) < 4.78 is 43.3. The third kappa shape index (κ3) is 6.47. The van der Waals surface area contributed by atoms with Gasteiger partial charge in [0.25, 0.3) is 11.8 Å². The average Bonchev–Trinajstić information content (AvgIpc) is 2.81. The lowest BCUT2D eigenvalue weighted by atomic mass is 9.96. The molecular weight excluding hydrogens is 439 g/mol. The number of rotatable bonds is 8. The molecule has 0 saturated carbocycles. The molecule has 176 valence electrons. The molecule has 2 aromatic rings. The summed E-state index contributed by atoms with van der Waals surface area (Å²) in [5.41, 5.74) is -0.0731. The number of nitrogens with zero attached hydrogens (tertiary/aromatic N) is 1. The van der Waals surface area contributed by atoms with Gasteiger partial charge in [0.15, 0.2) is 0 Å². The van der Waals surface area contributed by atoms with Gasteiger partial charge in [-0.3, -0.25) is 14.4 Å². The second-order valence-corrected chi connectivity index (χ2v) is 7.49. The van der Waals surface area contributed by atoms with E-state index in [-0.39, 0.29) is 42.4 Å². The van der Waals surface area contributed by atoms with Crippen LogP contribution in [0, 0.1) is 11.7 Å². The highest BCUT2D eigenvalue weighted by Crippen LogP contribution is 2.25. The Morgan fingerprint density at radius 1 is 1.00 bits per heavy atom. The van der Waals surface area contributed by atoms with Gasteiger partial charge in [-0.1, -0.05) is 24.3 Å². The summed E-state index contributed by atoms with van der Waals surface area (Å²) in [4.78, 5) is 38.8. The number of hydrogen-bond acceptors (Lipinski definition) is 4. The van der Waals surface area contributed by atoms with Crippen molar-refractivity contribution in [2.75, 3.05) is 26.2 Å². The minimum atomic E-state index is -3.06. The molecule has 10 heteroatoms. The van der Waals surface area contributed by atoms with Crippen molar-refractivity contribution in [3.05, 3.63) is 65.5 Å². The summed E-state index contributed by atoms with van der Waals surface area (Å²) in [6.07, 6.45) is 1.14. The summed E-state index contributed by atoms with van der Waals surface area (Å²) in [7, 11) is 0. The first-order chi connectivity index (χ1) is 15.9. The van der Waals surface area contributed by atoms with E-state index in [1.54, 1.807) is 12.1 Å². The molecule has 1 heterocycles. The maximum absolute atomic E-state index is 13.6. The van der Waals surface area contributed by atoms with E-state index in [1.165, 1.54) is 41.3 Å². The number of amides is 3. The van der Waals surface area contributed by atoms with Crippen LogP contribution in [0.5, 0.6) is 5.75 Å². The van der Waals surface area contributed by atoms with Gasteiger partial charge in [0, 0.05) is 26.2 Å². The first-order valence-corrected chi connectivity index (χ1v) is 10.5. The van der Waals surface area contributed by atoms with Gasteiger partial charge >= 0.3 is 6.61 Å². The van der Waals surface area contributed by atoms with Crippen molar-refractivity contribution in [2.24, 2.45) is 5.92 Å². The number of alkyl halides is 2. The van der Waals surface area contributed by atoms with E-state index in [0.717, 1.165) is 0 Å². The van der Waals surface area contributed by atoms with Gasteiger partial charge in [-0.2, -0.15) is 8.78 Å². The highest BCUT2D eigenvalue weighted by Gasteiger charge is 2.30. The lowest BCUT2D eigenvalue weighted by molar-refractivity contribution is -0.126. The predicted molar refractivity (Wildman–Crippen MR) is 113 cm³/mol.